The molecule has 2 saturated carbocycles. The minimum Gasteiger partial charge on any atom is -0.351 e. The van der Waals surface area contributed by atoms with E-state index in [0.29, 0.717) is 12.2 Å². The van der Waals surface area contributed by atoms with Gasteiger partial charge in [-0.3, -0.25) is 9.59 Å². The number of benzene rings is 1. The second kappa shape index (κ2) is 7.06. The van der Waals surface area contributed by atoms with Crippen molar-refractivity contribution in [2.75, 3.05) is 6.54 Å². The van der Waals surface area contributed by atoms with Crippen LogP contribution in [0.1, 0.15) is 48.3 Å². The Hall–Kier alpha value is -2.43. The molecule has 2 aliphatic carbocycles. The summed E-state index contributed by atoms with van der Waals surface area (Å²) < 4.78 is 1.65. The van der Waals surface area contributed by atoms with Gasteiger partial charge in [0.15, 0.2) is 5.69 Å². The van der Waals surface area contributed by atoms with Crippen molar-refractivity contribution in [1.29, 1.82) is 0 Å². The Morgan fingerprint density at radius 2 is 2.04 bits per heavy atom. The van der Waals surface area contributed by atoms with Gasteiger partial charge in [-0.2, -0.15) is 5.10 Å². The van der Waals surface area contributed by atoms with Crippen molar-refractivity contribution in [1.82, 2.24) is 15.1 Å². The molecule has 5 nitrogen and oxygen atoms in total. The molecule has 1 amide bonds. The maximum Gasteiger partial charge on any atom is 0.275 e. The van der Waals surface area contributed by atoms with E-state index in [1.807, 2.05) is 37.3 Å². The Kier molecular flexibility index (Phi) is 4.62. The first-order valence-corrected chi connectivity index (χ1v) is 9.56. The van der Waals surface area contributed by atoms with Gasteiger partial charge in [0.05, 0.1) is 5.69 Å². The number of carbonyl (C=O) groups excluding carboxylic acids is 1. The van der Waals surface area contributed by atoms with E-state index < -0.39 is 0 Å². The Bertz CT molecular complexity index is 859. The third-order valence-corrected chi connectivity index (χ3v) is 6.01. The van der Waals surface area contributed by atoms with Crippen LogP contribution in [0.3, 0.4) is 0 Å². The number of nitrogens with one attached hydrogen (secondary N) is 1. The SMILES string of the molecule is Cc1cc(=O)c(C(=O)NCCC2CC3CCC2C3)nn1-c1ccccc1. The van der Waals surface area contributed by atoms with E-state index in [0.717, 1.165) is 29.9 Å². The molecule has 1 N–H and O–H groups in total. The second-order valence-electron chi connectivity index (χ2n) is 7.73. The number of aromatic nitrogens is 2. The fraction of sp³-hybridized carbons (Fsp3) is 0.476. The zero-order valence-corrected chi connectivity index (χ0v) is 15.1. The van der Waals surface area contributed by atoms with Gasteiger partial charge in [-0.15, -0.1) is 0 Å². The van der Waals surface area contributed by atoms with Crippen molar-refractivity contribution in [3.8, 4) is 5.69 Å². The molecular weight excluding hydrogens is 326 g/mol. The largest absolute Gasteiger partial charge is 0.351 e. The molecule has 2 bridgehead atoms. The summed E-state index contributed by atoms with van der Waals surface area (Å²) in [4.78, 5) is 24.8. The van der Waals surface area contributed by atoms with Crippen molar-refractivity contribution in [3.63, 3.8) is 0 Å². The van der Waals surface area contributed by atoms with E-state index in [9.17, 15) is 9.59 Å². The van der Waals surface area contributed by atoms with Gasteiger partial charge in [0.25, 0.3) is 5.91 Å². The van der Waals surface area contributed by atoms with Crippen LogP contribution in [0.15, 0.2) is 41.2 Å². The molecule has 2 fully saturated rings. The van der Waals surface area contributed by atoms with Crippen LogP contribution in [0.25, 0.3) is 5.69 Å². The number of aryl methyl sites for hydroxylation is 1. The number of hydrogen-bond donors (Lipinski definition) is 1. The highest BCUT2D eigenvalue weighted by molar-refractivity contribution is 5.92. The lowest BCUT2D eigenvalue weighted by Crippen LogP contribution is -2.33. The number of nitrogens with zero attached hydrogens (tertiary/aromatic N) is 2. The summed E-state index contributed by atoms with van der Waals surface area (Å²) in [6, 6.07) is 11.0. The van der Waals surface area contributed by atoms with Crippen LogP contribution in [0.4, 0.5) is 0 Å². The van der Waals surface area contributed by atoms with Gasteiger partial charge >= 0.3 is 0 Å². The van der Waals surface area contributed by atoms with Crippen LogP contribution in [-0.4, -0.2) is 22.2 Å². The third kappa shape index (κ3) is 3.30. The molecule has 1 aromatic heterocycles. The van der Waals surface area contributed by atoms with Crippen LogP contribution < -0.4 is 10.7 Å². The van der Waals surface area contributed by atoms with Gasteiger partial charge in [-0.1, -0.05) is 24.6 Å². The standard InChI is InChI=1S/C21H25N3O2/c1-14-11-19(25)20(23-24(14)18-5-3-2-4-6-18)21(26)22-10-9-17-13-15-7-8-16(17)12-15/h2-6,11,15-17H,7-10,12-13H2,1H3,(H,22,26). The van der Waals surface area contributed by atoms with Crippen LogP contribution in [0, 0.1) is 24.7 Å². The highest BCUT2D eigenvalue weighted by Gasteiger charge is 2.38. The van der Waals surface area contributed by atoms with Gasteiger partial charge in [0.2, 0.25) is 5.43 Å². The first kappa shape index (κ1) is 17.0. The average Bonchev–Trinajstić information content (AvgIpc) is 3.25. The first-order valence-electron chi connectivity index (χ1n) is 9.56. The zero-order valence-electron chi connectivity index (χ0n) is 15.1. The molecule has 1 aromatic carbocycles. The third-order valence-electron chi connectivity index (χ3n) is 6.01. The molecule has 4 rings (SSSR count). The summed E-state index contributed by atoms with van der Waals surface area (Å²) >= 11 is 0. The highest BCUT2D eigenvalue weighted by Crippen LogP contribution is 2.49. The first-order chi connectivity index (χ1) is 12.6. The molecule has 1 heterocycles. The molecule has 5 heteroatoms. The smallest absolute Gasteiger partial charge is 0.275 e. The van der Waals surface area contributed by atoms with Crippen molar-refractivity contribution in [2.24, 2.45) is 17.8 Å². The molecule has 26 heavy (non-hydrogen) atoms. The van der Waals surface area contributed by atoms with Crippen LogP contribution in [-0.2, 0) is 0 Å². The minimum absolute atomic E-state index is 0.0348. The quantitative estimate of drug-likeness (QED) is 0.900. The summed E-state index contributed by atoms with van der Waals surface area (Å²) in [5, 5.41) is 7.23. The Labute approximate surface area is 153 Å². The molecule has 3 atom stereocenters. The lowest BCUT2D eigenvalue weighted by molar-refractivity contribution is 0.0941. The summed E-state index contributed by atoms with van der Waals surface area (Å²) in [7, 11) is 0. The molecular formula is C21H25N3O2. The number of fused-ring (bicyclic) bond motifs is 2. The van der Waals surface area contributed by atoms with E-state index in [1.165, 1.54) is 31.7 Å². The lowest BCUT2D eigenvalue weighted by atomic mass is 9.86. The Morgan fingerprint density at radius 1 is 1.23 bits per heavy atom. The van der Waals surface area contributed by atoms with Gasteiger partial charge in [0, 0.05) is 18.3 Å². The van der Waals surface area contributed by atoms with Crippen molar-refractivity contribution < 1.29 is 4.79 Å². The van der Waals surface area contributed by atoms with Crippen LogP contribution in [0.5, 0.6) is 0 Å². The van der Waals surface area contributed by atoms with Crippen LogP contribution >= 0.6 is 0 Å². The predicted molar refractivity (Wildman–Crippen MR) is 100 cm³/mol. The monoisotopic (exact) mass is 351 g/mol. The van der Waals surface area contributed by atoms with E-state index in [2.05, 4.69) is 10.4 Å². The molecule has 0 radical (unpaired) electrons. The number of rotatable bonds is 5. The second-order valence-corrected chi connectivity index (χ2v) is 7.73. The molecule has 0 spiro atoms. The number of amides is 1. The topological polar surface area (TPSA) is 64.0 Å². The summed E-state index contributed by atoms with van der Waals surface area (Å²) in [6.07, 6.45) is 6.43. The minimum atomic E-state index is -0.372. The van der Waals surface area contributed by atoms with Crippen molar-refractivity contribution in [2.45, 2.75) is 39.0 Å². The summed E-state index contributed by atoms with van der Waals surface area (Å²) in [5.74, 6) is 2.13. The maximum absolute atomic E-state index is 12.5. The Balaban J connectivity index is 1.44. The fourth-order valence-corrected chi connectivity index (χ4v) is 4.72. The molecule has 2 aliphatic rings. The lowest BCUT2D eigenvalue weighted by Gasteiger charge is -2.21. The van der Waals surface area contributed by atoms with Crippen LogP contribution in [0.2, 0.25) is 0 Å². The molecule has 3 unspecified atom stereocenters. The van der Waals surface area contributed by atoms with E-state index in [1.54, 1.807) is 4.68 Å². The number of carbonyl (C=O) groups is 1. The molecule has 0 saturated heterocycles. The fourth-order valence-electron chi connectivity index (χ4n) is 4.72. The highest BCUT2D eigenvalue weighted by atomic mass is 16.2. The van der Waals surface area contributed by atoms with E-state index >= 15 is 0 Å². The number of hydrogen-bond acceptors (Lipinski definition) is 3. The summed E-state index contributed by atoms with van der Waals surface area (Å²) in [5.41, 5.74) is 1.18. The van der Waals surface area contributed by atoms with E-state index in [4.69, 9.17) is 0 Å². The maximum atomic E-state index is 12.5. The Morgan fingerprint density at radius 3 is 2.73 bits per heavy atom. The van der Waals surface area contributed by atoms with E-state index in [-0.39, 0.29) is 17.0 Å². The van der Waals surface area contributed by atoms with Gasteiger partial charge in [-0.05, 0) is 62.5 Å². The molecule has 0 aliphatic heterocycles. The summed E-state index contributed by atoms with van der Waals surface area (Å²) in [6.45, 7) is 2.44. The van der Waals surface area contributed by atoms with Crippen molar-refractivity contribution in [3.05, 3.63) is 58.0 Å². The van der Waals surface area contributed by atoms with Crippen molar-refractivity contribution >= 4 is 5.91 Å². The normalized spacial score (nSPS) is 24.0. The van der Waals surface area contributed by atoms with Gasteiger partial charge < -0.3 is 5.32 Å². The molecule has 2 aromatic rings. The molecule has 136 valence electrons. The predicted octanol–water partition coefficient (Wildman–Crippen LogP) is 3.10. The van der Waals surface area contributed by atoms with Gasteiger partial charge in [0.1, 0.15) is 0 Å². The zero-order chi connectivity index (χ0) is 18.1. The average molecular weight is 351 g/mol. The van der Waals surface area contributed by atoms with Gasteiger partial charge in [-0.25, -0.2) is 4.68 Å². The number of para-hydroxylation sites is 1.